The first-order valence-electron chi connectivity index (χ1n) is 13.4. The predicted molar refractivity (Wildman–Crippen MR) is 147 cm³/mol. The van der Waals surface area contributed by atoms with E-state index in [0.717, 1.165) is 23.3 Å². The lowest BCUT2D eigenvalue weighted by Gasteiger charge is -2.41. The smallest absolute Gasteiger partial charge is 0.332 e. The molecule has 2 rings (SSSR count). The molecule has 0 aliphatic carbocycles. The van der Waals surface area contributed by atoms with Gasteiger partial charge in [-0.15, -0.1) is 0 Å². The average molecular weight is 548 g/mol. The quantitative estimate of drug-likeness (QED) is 0.247. The Morgan fingerprint density at radius 3 is 2.26 bits per heavy atom. The van der Waals surface area contributed by atoms with E-state index >= 15 is 0 Å². The molecule has 2 atom stereocenters. The Balaban J connectivity index is 2.47. The monoisotopic (exact) mass is 547 g/mol. The molecule has 0 saturated carbocycles. The Labute approximate surface area is 232 Å². The highest BCUT2D eigenvalue weighted by Crippen LogP contribution is 2.28. The molecule has 0 bridgehead atoms. The fraction of sp³-hybridized carbons (Fsp3) is 0.621. The van der Waals surface area contributed by atoms with Crippen molar-refractivity contribution < 1.29 is 33.3 Å². The van der Waals surface area contributed by atoms with Crippen LogP contribution in [0.3, 0.4) is 0 Å². The van der Waals surface area contributed by atoms with Crippen LogP contribution in [-0.4, -0.2) is 78.0 Å². The summed E-state index contributed by atoms with van der Waals surface area (Å²) in [5, 5.41) is 2.84. The molecule has 218 valence electrons. The van der Waals surface area contributed by atoms with E-state index in [9.17, 15) is 14.4 Å². The van der Waals surface area contributed by atoms with Crippen molar-refractivity contribution in [1.29, 1.82) is 0 Å². The fourth-order valence-electron chi connectivity index (χ4n) is 4.18. The van der Waals surface area contributed by atoms with Gasteiger partial charge in [-0.2, -0.15) is 0 Å². The number of nitrogens with one attached hydrogen (secondary N) is 1. The molecule has 1 aromatic carbocycles. The summed E-state index contributed by atoms with van der Waals surface area (Å²) in [4.78, 5) is 42.6. The second kappa shape index (κ2) is 14.3. The summed E-state index contributed by atoms with van der Waals surface area (Å²) in [6.07, 6.45) is 3.11. The minimum absolute atomic E-state index is 0.0524. The molecule has 0 spiro atoms. The standard InChI is InChI=1S/C29H45N3O7/c1-21(33)32(29(6,7)26(34)39-28(3,4)5)27(35)31(22(2)37-19-16-30-8)20-25(23-12-10-9-11-13-23)38-24-14-17-36-18-15-24/h9-13,16,19,22,24-25,30H,14-15,17-18,20H2,1-8H3/b19-16-/t22?,25-/m0/s1. The number of rotatable bonds is 11. The van der Waals surface area contributed by atoms with Crippen LogP contribution in [0.15, 0.2) is 42.8 Å². The molecule has 39 heavy (non-hydrogen) atoms. The van der Waals surface area contributed by atoms with Crippen LogP contribution in [0.4, 0.5) is 4.79 Å². The maximum absolute atomic E-state index is 14.2. The van der Waals surface area contributed by atoms with Gasteiger partial charge >= 0.3 is 12.0 Å². The summed E-state index contributed by atoms with van der Waals surface area (Å²) in [6, 6.07) is 8.90. The molecule has 0 radical (unpaired) electrons. The Hall–Kier alpha value is -3.11. The first kappa shape index (κ1) is 32.1. The van der Waals surface area contributed by atoms with Crippen LogP contribution in [0.1, 0.15) is 73.0 Å². The van der Waals surface area contributed by atoms with E-state index in [1.165, 1.54) is 31.9 Å². The number of hydrogen-bond acceptors (Lipinski definition) is 8. The number of carbonyl (C=O) groups excluding carboxylic acids is 3. The maximum atomic E-state index is 14.2. The van der Waals surface area contributed by atoms with Gasteiger partial charge in [0.25, 0.3) is 0 Å². The van der Waals surface area contributed by atoms with E-state index in [1.54, 1.807) is 40.9 Å². The first-order valence-corrected chi connectivity index (χ1v) is 13.4. The summed E-state index contributed by atoms with van der Waals surface area (Å²) in [6.45, 7) is 12.4. The van der Waals surface area contributed by atoms with Crippen LogP contribution in [0, 0.1) is 0 Å². The summed E-state index contributed by atoms with van der Waals surface area (Å²) >= 11 is 0. The van der Waals surface area contributed by atoms with Gasteiger partial charge in [0.1, 0.15) is 23.5 Å². The zero-order valence-corrected chi connectivity index (χ0v) is 24.6. The molecule has 1 N–H and O–H groups in total. The molecule has 10 nitrogen and oxygen atoms in total. The Kier molecular flexibility index (Phi) is 11.8. The normalized spacial score (nSPS) is 16.3. The van der Waals surface area contributed by atoms with Gasteiger partial charge in [0, 0.05) is 33.4 Å². The third-order valence-corrected chi connectivity index (χ3v) is 6.22. The number of amides is 3. The van der Waals surface area contributed by atoms with E-state index < -0.39 is 41.4 Å². The van der Waals surface area contributed by atoms with Crippen molar-refractivity contribution in [3.63, 3.8) is 0 Å². The zero-order valence-electron chi connectivity index (χ0n) is 24.6. The molecule has 10 heteroatoms. The molecule has 1 heterocycles. The molecule has 1 fully saturated rings. The van der Waals surface area contributed by atoms with Crippen molar-refractivity contribution in [2.45, 2.75) is 90.9 Å². The second-order valence-corrected chi connectivity index (χ2v) is 11.0. The topological polar surface area (TPSA) is 107 Å². The molecular weight excluding hydrogens is 502 g/mol. The summed E-state index contributed by atoms with van der Waals surface area (Å²) < 4.78 is 23.4. The third kappa shape index (κ3) is 9.54. The Morgan fingerprint density at radius 1 is 1.10 bits per heavy atom. The van der Waals surface area contributed by atoms with Crippen molar-refractivity contribution >= 4 is 17.9 Å². The van der Waals surface area contributed by atoms with Gasteiger partial charge in [-0.05, 0) is 59.9 Å². The minimum Gasteiger partial charge on any atom is -0.477 e. The number of nitrogens with zero attached hydrogens (tertiary/aromatic N) is 2. The van der Waals surface area contributed by atoms with Crippen molar-refractivity contribution in [3.05, 3.63) is 48.4 Å². The summed E-state index contributed by atoms with van der Waals surface area (Å²) in [5.41, 5.74) is -1.51. The fourth-order valence-corrected chi connectivity index (χ4v) is 4.18. The molecule has 0 aromatic heterocycles. The van der Waals surface area contributed by atoms with Crippen LogP contribution in [-0.2, 0) is 28.5 Å². The molecule has 3 amide bonds. The van der Waals surface area contributed by atoms with Crippen molar-refractivity contribution in [3.8, 4) is 0 Å². The van der Waals surface area contributed by atoms with Crippen LogP contribution in [0.2, 0.25) is 0 Å². The number of carbonyl (C=O) groups is 3. The van der Waals surface area contributed by atoms with E-state index in [1.807, 2.05) is 30.3 Å². The highest BCUT2D eigenvalue weighted by molar-refractivity contribution is 5.99. The predicted octanol–water partition coefficient (Wildman–Crippen LogP) is 4.37. The number of imide groups is 1. The molecule has 1 unspecified atom stereocenters. The second-order valence-electron chi connectivity index (χ2n) is 11.0. The summed E-state index contributed by atoms with van der Waals surface area (Å²) in [7, 11) is 1.72. The van der Waals surface area contributed by atoms with Gasteiger partial charge in [0.15, 0.2) is 6.23 Å². The van der Waals surface area contributed by atoms with Gasteiger partial charge in [-0.25, -0.2) is 14.5 Å². The largest absolute Gasteiger partial charge is 0.477 e. The van der Waals surface area contributed by atoms with E-state index in [0.29, 0.717) is 13.2 Å². The maximum Gasteiger partial charge on any atom is 0.332 e. The lowest BCUT2D eigenvalue weighted by molar-refractivity contribution is -0.169. The summed E-state index contributed by atoms with van der Waals surface area (Å²) in [5.74, 6) is -1.29. The van der Waals surface area contributed by atoms with Crippen molar-refractivity contribution in [1.82, 2.24) is 15.1 Å². The highest BCUT2D eigenvalue weighted by atomic mass is 16.6. The zero-order chi connectivity index (χ0) is 29.2. The lowest BCUT2D eigenvalue weighted by Crippen LogP contribution is -2.61. The minimum atomic E-state index is -1.58. The van der Waals surface area contributed by atoms with Crippen LogP contribution in [0.5, 0.6) is 0 Å². The number of hydrogen-bond donors (Lipinski definition) is 1. The Morgan fingerprint density at radius 2 is 1.72 bits per heavy atom. The van der Waals surface area contributed by atoms with Crippen LogP contribution < -0.4 is 5.32 Å². The van der Waals surface area contributed by atoms with E-state index in [-0.39, 0.29) is 12.6 Å². The average Bonchev–Trinajstić information content (AvgIpc) is 2.86. The number of esters is 1. The van der Waals surface area contributed by atoms with Gasteiger partial charge in [0.2, 0.25) is 5.91 Å². The van der Waals surface area contributed by atoms with Gasteiger partial charge in [0.05, 0.1) is 12.6 Å². The van der Waals surface area contributed by atoms with Crippen molar-refractivity contribution in [2.24, 2.45) is 0 Å². The number of benzene rings is 1. The third-order valence-electron chi connectivity index (χ3n) is 6.22. The van der Waals surface area contributed by atoms with Gasteiger partial charge in [-0.3, -0.25) is 9.69 Å². The number of ether oxygens (including phenoxy) is 4. The van der Waals surface area contributed by atoms with Gasteiger partial charge in [-0.1, -0.05) is 30.3 Å². The molecule has 1 aliphatic heterocycles. The molecular formula is C29H45N3O7. The van der Waals surface area contributed by atoms with E-state index in [2.05, 4.69) is 5.32 Å². The Bertz CT molecular complexity index is 969. The molecule has 1 aliphatic rings. The van der Waals surface area contributed by atoms with Gasteiger partial charge < -0.3 is 24.3 Å². The van der Waals surface area contributed by atoms with Crippen LogP contribution in [0.25, 0.3) is 0 Å². The highest BCUT2D eigenvalue weighted by Gasteiger charge is 2.46. The molecule has 1 saturated heterocycles. The first-order chi connectivity index (χ1) is 18.3. The molecule has 1 aromatic rings. The van der Waals surface area contributed by atoms with E-state index in [4.69, 9.17) is 18.9 Å². The van der Waals surface area contributed by atoms with Crippen molar-refractivity contribution in [2.75, 3.05) is 26.8 Å². The van der Waals surface area contributed by atoms with Crippen LogP contribution >= 0.6 is 0 Å². The SMILES string of the molecule is CN/C=C\OC(C)N(C[C@H](OC1CCOCC1)c1ccccc1)C(=O)N(C(C)=O)C(C)(C)C(=O)OC(C)(C)C. The lowest BCUT2D eigenvalue weighted by atomic mass is 10.0. The number of urea groups is 1.